The van der Waals surface area contributed by atoms with Crippen LogP contribution >= 0.6 is 0 Å². The van der Waals surface area contributed by atoms with Crippen LogP contribution in [-0.4, -0.2) is 27.6 Å². The van der Waals surface area contributed by atoms with Crippen LogP contribution in [0.3, 0.4) is 0 Å². The highest BCUT2D eigenvalue weighted by Gasteiger charge is 2.48. The summed E-state index contributed by atoms with van der Waals surface area (Å²) < 4.78 is 64.6. The number of hydrogen-bond acceptors (Lipinski definition) is 4. The van der Waals surface area contributed by atoms with Crippen LogP contribution in [0.5, 0.6) is 0 Å². The molecule has 0 unspecified atom stereocenters. The van der Waals surface area contributed by atoms with E-state index in [9.17, 15) is 21.6 Å². The average molecular weight is 244 g/mol. The minimum absolute atomic E-state index is 0.473. The van der Waals surface area contributed by atoms with E-state index < -0.39 is 28.0 Å². The molecule has 0 fully saturated rings. The van der Waals surface area contributed by atoms with Gasteiger partial charge in [0.15, 0.2) is 5.76 Å². The largest absolute Gasteiger partial charge is 0.534 e. The molecule has 0 aromatic heterocycles. The minimum atomic E-state index is -5.69. The van der Waals surface area contributed by atoms with Gasteiger partial charge in [-0.2, -0.15) is 21.6 Å². The number of methoxy groups -OCH3 is 1. The first-order valence-electron chi connectivity index (χ1n) is 3.39. The summed E-state index contributed by atoms with van der Waals surface area (Å²) in [6, 6.07) is 0. The average Bonchev–Trinajstić information content (AvgIpc) is 2.02. The predicted octanol–water partition coefficient (Wildman–Crippen LogP) is 1.02. The van der Waals surface area contributed by atoms with E-state index in [2.05, 4.69) is 8.92 Å². The first-order valence-corrected chi connectivity index (χ1v) is 4.80. The van der Waals surface area contributed by atoms with Crippen molar-refractivity contribution in [3.8, 4) is 12.3 Å². The molecule has 0 bridgehead atoms. The Bertz CT molecular complexity index is 374. The van der Waals surface area contributed by atoms with Crippen LogP contribution < -0.4 is 0 Å². The predicted molar refractivity (Wildman–Crippen MR) is 44.9 cm³/mol. The number of rotatable bonds is 4. The Hall–Kier alpha value is -1.20. The van der Waals surface area contributed by atoms with Crippen LogP contribution in [0.25, 0.3) is 0 Å². The number of hydrogen-bond donors (Lipinski definition) is 0. The summed E-state index contributed by atoms with van der Waals surface area (Å²) in [4.78, 5) is 0. The third-order valence-corrected chi connectivity index (χ3v) is 2.03. The Morgan fingerprint density at radius 2 is 2.07 bits per heavy atom. The van der Waals surface area contributed by atoms with Crippen molar-refractivity contribution in [3.63, 3.8) is 0 Å². The second-order valence-electron chi connectivity index (χ2n) is 2.19. The molecule has 0 aliphatic heterocycles. The Labute approximate surface area is 84.8 Å². The van der Waals surface area contributed by atoms with E-state index in [-0.39, 0.29) is 0 Å². The van der Waals surface area contributed by atoms with Crippen LogP contribution in [0.15, 0.2) is 11.8 Å². The number of halogens is 3. The molecule has 0 atom stereocenters. The van der Waals surface area contributed by atoms with Crippen molar-refractivity contribution in [2.24, 2.45) is 0 Å². The van der Waals surface area contributed by atoms with Gasteiger partial charge in [-0.3, -0.25) is 0 Å². The maximum absolute atomic E-state index is 11.8. The van der Waals surface area contributed by atoms with Gasteiger partial charge in [0.1, 0.15) is 6.61 Å². The van der Waals surface area contributed by atoms with Gasteiger partial charge in [-0.25, -0.2) is 0 Å². The summed E-state index contributed by atoms with van der Waals surface area (Å²) in [5.74, 6) is 1.21. The molecule has 0 aliphatic rings. The Morgan fingerprint density at radius 1 is 1.53 bits per heavy atom. The van der Waals surface area contributed by atoms with Gasteiger partial charge in [-0.15, -0.1) is 6.42 Å². The van der Waals surface area contributed by atoms with Crippen molar-refractivity contribution in [2.75, 3.05) is 13.7 Å². The van der Waals surface area contributed by atoms with Crippen molar-refractivity contribution < 1.29 is 30.5 Å². The molecule has 0 amide bonds. The van der Waals surface area contributed by atoms with Gasteiger partial charge in [0.25, 0.3) is 0 Å². The molecule has 0 saturated carbocycles. The lowest BCUT2D eigenvalue weighted by molar-refractivity contribution is -0.0527. The van der Waals surface area contributed by atoms with E-state index in [1.54, 1.807) is 0 Å². The molecule has 0 heterocycles. The first kappa shape index (κ1) is 13.8. The highest BCUT2D eigenvalue weighted by atomic mass is 32.2. The third kappa shape index (κ3) is 4.22. The lowest BCUT2D eigenvalue weighted by Crippen LogP contribution is -2.26. The van der Waals surface area contributed by atoms with Gasteiger partial charge in [-0.05, 0) is 0 Å². The SMILES string of the molecule is C#C/C=C(\COC)OS(=O)(=O)C(F)(F)F. The summed E-state index contributed by atoms with van der Waals surface area (Å²) in [6.45, 7) is -0.473. The van der Waals surface area contributed by atoms with Crippen LogP contribution in [0.2, 0.25) is 0 Å². The number of alkyl halides is 3. The molecule has 0 radical (unpaired) electrons. The van der Waals surface area contributed by atoms with Gasteiger partial charge in [-0.1, -0.05) is 5.92 Å². The molecule has 15 heavy (non-hydrogen) atoms. The number of allylic oxidation sites excluding steroid dienone is 1. The second kappa shape index (κ2) is 5.04. The lowest BCUT2D eigenvalue weighted by Gasteiger charge is -2.10. The van der Waals surface area contributed by atoms with Crippen LogP contribution in [0.4, 0.5) is 13.2 Å². The molecule has 4 nitrogen and oxygen atoms in total. The van der Waals surface area contributed by atoms with Gasteiger partial charge in [0.05, 0.1) is 0 Å². The zero-order valence-electron chi connectivity index (χ0n) is 7.54. The summed E-state index contributed by atoms with van der Waals surface area (Å²) in [5, 5.41) is 0. The van der Waals surface area contributed by atoms with Crippen LogP contribution in [-0.2, 0) is 19.0 Å². The molecule has 86 valence electrons. The van der Waals surface area contributed by atoms with Crippen molar-refractivity contribution >= 4 is 10.1 Å². The third-order valence-electron chi connectivity index (χ3n) is 1.03. The molecule has 0 aromatic carbocycles. The standard InChI is InChI=1S/C7H7F3O4S/c1-3-4-6(5-13-2)14-15(11,12)7(8,9)10/h1,4H,5H2,2H3/b6-4+. The zero-order valence-corrected chi connectivity index (χ0v) is 8.35. The minimum Gasteiger partial charge on any atom is -0.377 e. The fourth-order valence-corrected chi connectivity index (χ4v) is 0.986. The van der Waals surface area contributed by atoms with E-state index >= 15 is 0 Å². The highest BCUT2D eigenvalue weighted by Crippen LogP contribution is 2.26. The van der Waals surface area contributed by atoms with E-state index in [1.165, 1.54) is 0 Å². The molecule has 0 N–H and O–H groups in total. The fourth-order valence-electron chi connectivity index (χ4n) is 0.513. The van der Waals surface area contributed by atoms with E-state index in [0.29, 0.717) is 0 Å². The molecule has 0 aromatic rings. The van der Waals surface area contributed by atoms with Gasteiger partial charge in [0.2, 0.25) is 0 Å². The van der Waals surface area contributed by atoms with E-state index in [0.717, 1.165) is 13.2 Å². The number of ether oxygens (including phenoxy) is 1. The van der Waals surface area contributed by atoms with Gasteiger partial charge >= 0.3 is 15.6 Å². The Morgan fingerprint density at radius 3 is 2.40 bits per heavy atom. The van der Waals surface area contributed by atoms with Crippen molar-refractivity contribution in [1.82, 2.24) is 0 Å². The topological polar surface area (TPSA) is 52.6 Å². The van der Waals surface area contributed by atoms with Gasteiger partial charge in [0, 0.05) is 13.2 Å². The van der Waals surface area contributed by atoms with Crippen molar-refractivity contribution in [1.29, 1.82) is 0 Å². The molecule has 0 rings (SSSR count). The normalized spacial score (nSPS) is 13.4. The molecule has 8 heteroatoms. The molecule has 0 saturated heterocycles. The van der Waals surface area contributed by atoms with E-state index in [1.807, 2.05) is 5.92 Å². The lowest BCUT2D eigenvalue weighted by atomic mass is 10.5. The Kier molecular flexibility index (Phi) is 4.64. The molecular weight excluding hydrogens is 237 g/mol. The maximum Gasteiger partial charge on any atom is 0.534 e. The Balaban J connectivity index is 4.87. The quantitative estimate of drug-likeness (QED) is 0.320. The van der Waals surface area contributed by atoms with Crippen molar-refractivity contribution in [3.05, 3.63) is 11.8 Å². The summed E-state index contributed by atoms with van der Waals surface area (Å²) in [6.07, 6.45) is 5.48. The molecular formula is C7H7F3O4S. The summed E-state index contributed by atoms with van der Waals surface area (Å²) in [7, 11) is -4.54. The van der Waals surface area contributed by atoms with Crippen LogP contribution in [0, 0.1) is 12.3 Å². The summed E-state index contributed by atoms with van der Waals surface area (Å²) in [5.41, 5.74) is -5.49. The van der Waals surface area contributed by atoms with E-state index in [4.69, 9.17) is 6.42 Å². The monoisotopic (exact) mass is 244 g/mol. The second-order valence-corrected chi connectivity index (χ2v) is 3.73. The van der Waals surface area contributed by atoms with Crippen molar-refractivity contribution in [2.45, 2.75) is 5.51 Å². The highest BCUT2D eigenvalue weighted by molar-refractivity contribution is 7.87. The number of terminal acetylenes is 1. The first-order chi connectivity index (χ1) is 6.74. The maximum atomic E-state index is 11.8. The van der Waals surface area contributed by atoms with Crippen LogP contribution in [0.1, 0.15) is 0 Å². The molecule has 0 aliphatic carbocycles. The fraction of sp³-hybridized carbons (Fsp3) is 0.429. The smallest absolute Gasteiger partial charge is 0.377 e. The summed E-state index contributed by atoms with van der Waals surface area (Å²) >= 11 is 0. The molecule has 0 spiro atoms. The zero-order chi connectivity index (χ0) is 12.1. The van der Waals surface area contributed by atoms with Gasteiger partial charge < -0.3 is 8.92 Å².